The highest BCUT2D eigenvalue weighted by Crippen LogP contribution is 2.11. The number of aryl methyl sites for hydroxylation is 1. The lowest BCUT2D eigenvalue weighted by molar-refractivity contribution is -0.111. The van der Waals surface area contributed by atoms with Crippen LogP contribution >= 0.6 is 0 Å². The highest BCUT2D eigenvalue weighted by molar-refractivity contribution is 6.03. The van der Waals surface area contributed by atoms with Gasteiger partial charge in [0, 0.05) is 17.3 Å². The number of hydrogen-bond acceptors (Lipinski definition) is 2. The highest BCUT2D eigenvalue weighted by atomic mass is 16.1. The number of nitrogens with one attached hydrogen (secondary N) is 1. The molecule has 0 atom stereocenters. The van der Waals surface area contributed by atoms with Gasteiger partial charge in [-0.1, -0.05) is 30.3 Å². The van der Waals surface area contributed by atoms with Gasteiger partial charge in [-0.2, -0.15) is 0 Å². The average Bonchev–Trinajstić information content (AvgIpc) is 2.46. The first-order valence-electron chi connectivity index (χ1n) is 6.51. The van der Waals surface area contributed by atoms with E-state index >= 15 is 0 Å². The Kier molecular flexibility index (Phi) is 4.51. The minimum Gasteiger partial charge on any atom is -0.366 e. The van der Waals surface area contributed by atoms with E-state index in [1.807, 2.05) is 31.2 Å². The van der Waals surface area contributed by atoms with E-state index in [1.165, 1.54) is 6.08 Å². The van der Waals surface area contributed by atoms with Crippen molar-refractivity contribution < 1.29 is 9.59 Å². The van der Waals surface area contributed by atoms with Crippen LogP contribution in [-0.4, -0.2) is 11.8 Å². The van der Waals surface area contributed by atoms with Crippen LogP contribution in [0.5, 0.6) is 0 Å². The van der Waals surface area contributed by atoms with Crippen molar-refractivity contribution in [3.8, 4) is 0 Å². The van der Waals surface area contributed by atoms with Crippen LogP contribution in [0.25, 0.3) is 6.08 Å². The Morgan fingerprint density at radius 3 is 2.57 bits per heavy atom. The topological polar surface area (TPSA) is 72.2 Å². The summed E-state index contributed by atoms with van der Waals surface area (Å²) < 4.78 is 0. The van der Waals surface area contributed by atoms with Crippen LogP contribution < -0.4 is 11.1 Å². The van der Waals surface area contributed by atoms with Crippen LogP contribution in [0.15, 0.2) is 54.6 Å². The first kappa shape index (κ1) is 14.5. The molecule has 0 unspecified atom stereocenters. The summed E-state index contributed by atoms with van der Waals surface area (Å²) in [6, 6.07) is 14.3. The zero-order valence-corrected chi connectivity index (χ0v) is 11.7. The number of hydrogen-bond donors (Lipinski definition) is 2. The van der Waals surface area contributed by atoms with Crippen LogP contribution in [0.3, 0.4) is 0 Å². The Balaban J connectivity index is 2.07. The second kappa shape index (κ2) is 6.52. The minimum absolute atomic E-state index is 0.264. The lowest BCUT2D eigenvalue weighted by Gasteiger charge is -2.04. The molecular formula is C17H16N2O2. The number of benzene rings is 2. The van der Waals surface area contributed by atoms with Gasteiger partial charge >= 0.3 is 0 Å². The molecule has 0 bridgehead atoms. The van der Waals surface area contributed by atoms with E-state index in [4.69, 9.17) is 5.73 Å². The van der Waals surface area contributed by atoms with Crippen LogP contribution in [0.2, 0.25) is 0 Å². The van der Waals surface area contributed by atoms with Crippen LogP contribution in [-0.2, 0) is 4.79 Å². The van der Waals surface area contributed by atoms with Crippen LogP contribution in [0.1, 0.15) is 21.5 Å². The summed E-state index contributed by atoms with van der Waals surface area (Å²) in [5.74, 6) is -0.790. The number of amides is 2. The number of anilines is 1. The first-order valence-corrected chi connectivity index (χ1v) is 6.51. The predicted molar refractivity (Wildman–Crippen MR) is 83.8 cm³/mol. The molecule has 0 radical (unpaired) electrons. The molecule has 0 spiro atoms. The van der Waals surface area contributed by atoms with Crippen molar-refractivity contribution in [3.63, 3.8) is 0 Å². The lowest BCUT2D eigenvalue weighted by Crippen LogP contribution is -2.12. The average molecular weight is 280 g/mol. The molecule has 0 aliphatic heterocycles. The van der Waals surface area contributed by atoms with E-state index in [-0.39, 0.29) is 5.91 Å². The molecule has 21 heavy (non-hydrogen) atoms. The van der Waals surface area contributed by atoms with Gasteiger partial charge in [0.25, 0.3) is 0 Å². The van der Waals surface area contributed by atoms with Crippen LogP contribution in [0.4, 0.5) is 5.69 Å². The second-order valence-corrected chi connectivity index (χ2v) is 4.62. The molecule has 4 nitrogen and oxygen atoms in total. The summed E-state index contributed by atoms with van der Waals surface area (Å²) >= 11 is 0. The molecule has 0 aliphatic rings. The number of nitrogens with two attached hydrogens (primary N) is 1. The second-order valence-electron chi connectivity index (χ2n) is 4.62. The van der Waals surface area contributed by atoms with Crippen molar-refractivity contribution in [1.29, 1.82) is 0 Å². The van der Waals surface area contributed by atoms with Crippen LogP contribution in [0, 0.1) is 6.92 Å². The number of primary amides is 1. The van der Waals surface area contributed by atoms with Crippen molar-refractivity contribution in [2.24, 2.45) is 5.73 Å². The number of carbonyl (C=O) groups is 2. The number of rotatable bonds is 4. The van der Waals surface area contributed by atoms with E-state index in [1.54, 1.807) is 30.3 Å². The van der Waals surface area contributed by atoms with E-state index in [2.05, 4.69) is 5.32 Å². The standard InChI is InChI=1S/C17H16N2O2/c1-12-5-2-3-6-13(12)9-10-16(20)19-15-8-4-7-14(11-15)17(18)21/h2-11H,1H3,(H2,18,21)(H,19,20)/b10-9+. The molecule has 0 aliphatic carbocycles. The molecule has 0 aromatic heterocycles. The van der Waals surface area contributed by atoms with E-state index in [9.17, 15) is 9.59 Å². The molecule has 2 amide bonds. The van der Waals surface area contributed by atoms with E-state index < -0.39 is 5.91 Å². The fourth-order valence-electron chi connectivity index (χ4n) is 1.87. The monoisotopic (exact) mass is 280 g/mol. The van der Waals surface area contributed by atoms with Crippen molar-refractivity contribution in [1.82, 2.24) is 0 Å². The maximum atomic E-state index is 11.9. The summed E-state index contributed by atoms with van der Waals surface area (Å²) in [4.78, 5) is 22.9. The smallest absolute Gasteiger partial charge is 0.248 e. The third-order valence-electron chi connectivity index (χ3n) is 3.02. The van der Waals surface area contributed by atoms with Crippen molar-refractivity contribution in [3.05, 3.63) is 71.3 Å². The van der Waals surface area contributed by atoms with E-state index in [0.29, 0.717) is 11.3 Å². The Morgan fingerprint density at radius 1 is 1.10 bits per heavy atom. The van der Waals surface area contributed by atoms with Gasteiger partial charge in [0.05, 0.1) is 0 Å². The maximum Gasteiger partial charge on any atom is 0.248 e. The van der Waals surface area contributed by atoms with Crippen molar-refractivity contribution in [2.75, 3.05) is 5.32 Å². The van der Waals surface area contributed by atoms with Gasteiger partial charge < -0.3 is 11.1 Å². The van der Waals surface area contributed by atoms with Gasteiger partial charge in [-0.15, -0.1) is 0 Å². The summed E-state index contributed by atoms with van der Waals surface area (Å²) in [5.41, 5.74) is 8.17. The van der Waals surface area contributed by atoms with Gasteiger partial charge in [-0.3, -0.25) is 9.59 Å². The molecule has 0 fully saturated rings. The van der Waals surface area contributed by atoms with Gasteiger partial charge in [0.2, 0.25) is 11.8 Å². The molecule has 106 valence electrons. The Morgan fingerprint density at radius 2 is 1.86 bits per heavy atom. The van der Waals surface area contributed by atoms with Gasteiger partial charge in [-0.05, 0) is 42.3 Å². The zero-order valence-electron chi connectivity index (χ0n) is 11.7. The highest BCUT2D eigenvalue weighted by Gasteiger charge is 2.03. The molecule has 0 heterocycles. The first-order chi connectivity index (χ1) is 10.1. The SMILES string of the molecule is Cc1ccccc1/C=C/C(=O)Nc1cccc(C(N)=O)c1. The van der Waals surface area contributed by atoms with Gasteiger partial charge in [0.1, 0.15) is 0 Å². The molecule has 2 aromatic carbocycles. The predicted octanol–water partition coefficient (Wildman–Crippen LogP) is 2.75. The fourth-order valence-corrected chi connectivity index (χ4v) is 1.87. The zero-order chi connectivity index (χ0) is 15.2. The molecule has 0 saturated carbocycles. The molecule has 2 aromatic rings. The Bertz CT molecular complexity index is 705. The molecule has 0 saturated heterocycles. The Hall–Kier alpha value is -2.88. The lowest BCUT2D eigenvalue weighted by atomic mass is 10.1. The van der Waals surface area contributed by atoms with Gasteiger partial charge in [0.15, 0.2) is 0 Å². The number of carbonyl (C=O) groups excluding carboxylic acids is 2. The largest absolute Gasteiger partial charge is 0.366 e. The summed E-state index contributed by atoms with van der Waals surface area (Å²) in [6.45, 7) is 1.98. The third-order valence-corrected chi connectivity index (χ3v) is 3.02. The maximum absolute atomic E-state index is 11.9. The minimum atomic E-state index is -0.526. The summed E-state index contributed by atoms with van der Waals surface area (Å²) in [7, 11) is 0. The van der Waals surface area contributed by atoms with Crippen molar-refractivity contribution >= 4 is 23.6 Å². The summed E-state index contributed by atoms with van der Waals surface area (Å²) in [6.07, 6.45) is 3.21. The van der Waals surface area contributed by atoms with Crippen molar-refractivity contribution in [2.45, 2.75) is 6.92 Å². The molecular weight excluding hydrogens is 264 g/mol. The summed E-state index contributed by atoms with van der Waals surface area (Å²) in [5, 5.41) is 2.69. The molecule has 2 rings (SSSR count). The Labute approximate surface area is 123 Å². The quantitative estimate of drug-likeness (QED) is 0.845. The van der Waals surface area contributed by atoms with Gasteiger partial charge in [-0.25, -0.2) is 0 Å². The normalized spacial score (nSPS) is 10.5. The third kappa shape index (κ3) is 4.04. The molecule has 4 heteroatoms. The molecule has 3 N–H and O–H groups in total. The fraction of sp³-hybridized carbons (Fsp3) is 0.0588. The van der Waals surface area contributed by atoms with E-state index in [0.717, 1.165) is 11.1 Å².